The maximum Gasteiger partial charge on any atom is 0.159 e. The molecule has 7 nitrogen and oxygen atoms in total. The van der Waals surface area contributed by atoms with Crippen LogP contribution in [0.25, 0.3) is 11.4 Å². The van der Waals surface area contributed by atoms with E-state index in [0.717, 1.165) is 69.1 Å². The molecule has 3 aromatic rings. The summed E-state index contributed by atoms with van der Waals surface area (Å²) in [6, 6.07) is 14.6. The minimum absolute atomic E-state index is 0.114. The molecule has 7 heteroatoms. The number of carbonyl (C=O) groups excluding carboxylic acids is 1. The standard InChI is InChI=1S/C26H31N5O2/c1-19(32)20-3-6-23(7-4-20)31-14-12-30(13-15-31)11-9-25-24-8-5-22(17-21(24)10-16-33-25)26-27-18-28-29(26)2/h3-8,17-18,25H,9-16H2,1-2H3/t25-/m0/s1. The Balaban J connectivity index is 1.17. The Bertz CT molecular complexity index is 1120. The normalized spacial score (nSPS) is 18.8. The Morgan fingerprint density at radius 3 is 2.58 bits per heavy atom. The summed E-state index contributed by atoms with van der Waals surface area (Å²) in [6.07, 6.45) is 3.70. The van der Waals surface area contributed by atoms with Crippen LogP contribution in [0.2, 0.25) is 0 Å². The number of anilines is 1. The van der Waals surface area contributed by atoms with E-state index < -0.39 is 0 Å². The molecular formula is C26H31N5O2. The summed E-state index contributed by atoms with van der Waals surface area (Å²) in [5, 5.41) is 4.19. The number of fused-ring (bicyclic) bond motifs is 1. The summed E-state index contributed by atoms with van der Waals surface area (Å²) in [5.74, 6) is 1.01. The predicted octanol–water partition coefficient (Wildman–Crippen LogP) is 3.51. The molecule has 0 radical (unpaired) electrons. The number of rotatable bonds is 6. The van der Waals surface area contributed by atoms with Gasteiger partial charge in [-0.05, 0) is 61.2 Å². The lowest BCUT2D eigenvalue weighted by atomic mass is 9.93. The zero-order chi connectivity index (χ0) is 22.8. The number of aryl methyl sites for hydroxylation is 1. The van der Waals surface area contributed by atoms with E-state index in [1.165, 1.54) is 16.8 Å². The first-order valence-electron chi connectivity index (χ1n) is 11.8. The highest BCUT2D eigenvalue weighted by molar-refractivity contribution is 5.94. The van der Waals surface area contributed by atoms with Gasteiger partial charge < -0.3 is 9.64 Å². The first kappa shape index (κ1) is 21.8. The molecule has 33 heavy (non-hydrogen) atoms. The third kappa shape index (κ3) is 4.70. The lowest BCUT2D eigenvalue weighted by Gasteiger charge is -2.37. The fourth-order valence-corrected chi connectivity index (χ4v) is 4.91. The highest BCUT2D eigenvalue weighted by Crippen LogP contribution is 2.32. The van der Waals surface area contributed by atoms with Crippen LogP contribution in [0.15, 0.2) is 48.8 Å². The summed E-state index contributed by atoms with van der Waals surface area (Å²) in [6.45, 7) is 7.50. The molecule has 0 bridgehead atoms. The van der Waals surface area contributed by atoms with Crippen molar-refractivity contribution >= 4 is 11.5 Å². The fourth-order valence-electron chi connectivity index (χ4n) is 4.91. The summed E-state index contributed by atoms with van der Waals surface area (Å²) in [7, 11) is 1.93. The lowest BCUT2D eigenvalue weighted by molar-refractivity contribution is 0.0289. The van der Waals surface area contributed by atoms with Crippen molar-refractivity contribution in [3.05, 3.63) is 65.5 Å². The van der Waals surface area contributed by atoms with E-state index in [0.29, 0.717) is 0 Å². The molecule has 0 unspecified atom stereocenters. The number of nitrogens with zero attached hydrogens (tertiary/aromatic N) is 5. The largest absolute Gasteiger partial charge is 0.373 e. The lowest BCUT2D eigenvalue weighted by Crippen LogP contribution is -2.47. The van der Waals surface area contributed by atoms with Crippen molar-refractivity contribution in [2.45, 2.75) is 25.9 Å². The Kier molecular flexibility index (Phi) is 6.24. The Hall–Kier alpha value is -3.03. The number of hydrogen-bond acceptors (Lipinski definition) is 6. The van der Waals surface area contributed by atoms with Gasteiger partial charge >= 0.3 is 0 Å². The van der Waals surface area contributed by atoms with E-state index in [2.05, 4.69) is 50.2 Å². The molecule has 172 valence electrons. The van der Waals surface area contributed by atoms with Gasteiger partial charge in [0.05, 0.1) is 12.7 Å². The van der Waals surface area contributed by atoms with Gasteiger partial charge in [0, 0.05) is 56.6 Å². The molecule has 1 fully saturated rings. The topological polar surface area (TPSA) is 63.5 Å². The second-order valence-corrected chi connectivity index (χ2v) is 8.95. The van der Waals surface area contributed by atoms with Gasteiger partial charge in [0.15, 0.2) is 11.6 Å². The Labute approximate surface area is 195 Å². The molecule has 1 saturated heterocycles. The average molecular weight is 446 g/mol. The molecule has 0 N–H and O–H groups in total. The number of carbonyl (C=O) groups is 1. The minimum Gasteiger partial charge on any atom is -0.373 e. The number of aromatic nitrogens is 3. The molecule has 1 atom stereocenters. The van der Waals surface area contributed by atoms with E-state index in [-0.39, 0.29) is 11.9 Å². The van der Waals surface area contributed by atoms with Crippen LogP contribution < -0.4 is 4.90 Å². The van der Waals surface area contributed by atoms with Crippen LogP contribution in [0.3, 0.4) is 0 Å². The van der Waals surface area contributed by atoms with Gasteiger partial charge in [-0.3, -0.25) is 9.69 Å². The minimum atomic E-state index is 0.114. The fraction of sp³-hybridized carbons (Fsp3) is 0.423. The van der Waals surface area contributed by atoms with Crippen LogP contribution in [0.5, 0.6) is 0 Å². The van der Waals surface area contributed by atoms with Crippen molar-refractivity contribution in [2.24, 2.45) is 7.05 Å². The Morgan fingerprint density at radius 1 is 1.09 bits per heavy atom. The maximum absolute atomic E-state index is 11.5. The quantitative estimate of drug-likeness (QED) is 0.541. The highest BCUT2D eigenvalue weighted by atomic mass is 16.5. The van der Waals surface area contributed by atoms with Crippen molar-refractivity contribution < 1.29 is 9.53 Å². The predicted molar refractivity (Wildman–Crippen MR) is 129 cm³/mol. The second kappa shape index (κ2) is 9.45. The van der Waals surface area contributed by atoms with Crippen LogP contribution in [-0.2, 0) is 18.2 Å². The summed E-state index contributed by atoms with van der Waals surface area (Å²) < 4.78 is 7.99. The van der Waals surface area contributed by atoms with E-state index in [9.17, 15) is 4.79 Å². The van der Waals surface area contributed by atoms with Crippen molar-refractivity contribution in [1.29, 1.82) is 0 Å². The molecular weight excluding hydrogens is 414 g/mol. The summed E-state index contributed by atoms with van der Waals surface area (Å²) in [5.41, 5.74) is 5.76. The summed E-state index contributed by atoms with van der Waals surface area (Å²) in [4.78, 5) is 20.8. The number of piperazine rings is 1. The van der Waals surface area contributed by atoms with Gasteiger partial charge in [-0.15, -0.1) is 0 Å². The third-order valence-corrected chi connectivity index (χ3v) is 6.87. The summed E-state index contributed by atoms with van der Waals surface area (Å²) >= 11 is 0. The second-order valence-electron chi connectivity index (χ2n) is 8.95. The first-order chi connectivity index (χ1) is 16.1. The van der Waals surface area contributed by atoms with Crippen LogP contribution >= 0.6 is 0 Å². The molecule has 3 heterocycles. The van der Waals surface area contributed by atoms with Crippen molar-refractivity contribution in [2.75, 3.05) is 44.2 Å². The van der Waals surface area contributed by atoms with Crippen LogP contribution in [0.1, 0.15) is 40.9 Å². The monoisotopic (exact) mass is 445 g/mol. The molecule has 0 amide bonds. The maximum atomic E-state index is 11.5. The van der Waals surface area contributed by atoms with Crippen molar-refractivity contribution in [1.82, 2.24) is 19.7 Å². The molecule has 2 aromatic carbocycles. The number of Topliss-reactive ketones (excluding diaryl/α,β-unsaturated/α-hetero) is 1. The molecule has 2 aliphatic rings. The van der Waals surface area contributed by atoms with E-state index in [4.69, 9.17) is 4.74 Å². The van der Waals surface area contributed by atoms with Crippen LogP contribution in [0, 0.1) is 0 Å². The van der Waals surface area contributed by atoms with Gasteiger partial charge in [-0.25, -0.2) is 9.67 Å². The molecule has 0 spiro atoms. The molecule has 2 aliphatic heterocycles. The smallest absolute Gasteiger partial charge is 0.159 e. The highest BCUT2D eigenvalue weighted by Gasteiger charge is 2.24. The van der Waals surface area contributed by atoms with Gasteiger partial charge in [0.2, 0.25) is 0 Å². The Morgan fingerprint density at radius 2 is 1.88 bits per heavy atom. The van der Waals surface area contributed by atoms with Crippen molar-refractivity contribution in [3.8, 4) is 11.4 Å². The van der Waals surface area contributed by atoms with Gasteiger partial charge in [-0.1, -0.05) is 12.1 Å². The van der Waals surface area contributed by atoms with Crippen molar-refractivity contribution in [3.63, 3.8) is 0 Å². The SMILES string of the molecule is CC(=O)c1ccc(N2CCN(CC[C@@H]3OCCc4cc(-c5ncnn5C)ccc43)CC2)cc1. The molecule has 0 aliphatic carbocycles. The average Bonchev–Trinajstić information content (AvgIpc) is 3.28. The third-order valence-electron chi connectivity index (χ3n) is 6.87. The van der Waals surface area contributed by atoms with Crippen LogP contribution in [0.4, 0.5) is 5.69 Å². The zero-order valence-corrected chi connectivity index (χ0v) is 19.4. The number of benzene rings is 2. The van der Waals surface area contributed by atoms with E-state index in [1.54, 1.807) is 13.3 Å². The number of ether oxygens (including phenoxy) is 1. The number of ketones is 1. The zero-order valence-electron chi connectivity index (χ0n) is 19.4. The van der Waals surface area contributed by atoms with Gasteiger partial charge in [-0.2, -0.15) is 5.10 Å². The van der Waals surface area contributed by atoms with Gasteiger partial charge in [0.25, 0.3) is 0 Å². The molecule has 1 aromatic heterocycles. The van der Waals surface area contributed by atoms with E-state index in [1.807, 2.05) is 23.9 Å². The first-order valence-corrected chi connectivity index (χ1v) is 11.8. The molecule has 0 saturated carbocycles. The number of hydrogen-bond donors (Lipinski definition) is 0. The van der Waals surface area contributed by atoms with E-state index >= 15 is 0 Å². The van der Waals surface area contributed by atoms with Gasteiger partial charge in [0.1, 0.15) is 6.33 Å². The van der Waals surface area contributed by atoms with Crippen LogP contribution in [-0.4, -0.2) is 64.8 Å². The molecule has 5 rings (SSSR count).